The van der Waals surface area contributed by atoms with Crippen LogP contribution in [0.5, 0.6) is 0 Å². The van der Waals surface area contributed by atoms with Gasteiger partial charge in [0.05, 0.1) is 0 Å². The highest BCUT2D eigenvalue weighted by Crippen LogP contribution is 2.55. The first-order valence-electron chi connectivity index (χ1n) is 5.05. The van der Waals surface area contributed by atoms with Gasteiger partial charge in [0.2, 0.25) is 0 Å². The number of rotatable bonds is 4. The monoisotopic (exact) mass is 196 g/mol. The maximum Gasteiger partial charge on any atom is 0.252 e. The molecule has 0 bridgehead atoms. The molecule has 1 aliphatic carbocycles. The molecular formula is C11H16O3. The summed E-state index contributed by atoms with van der Waals surface area (Å²) in [6.07, 6.45) is 8.59. The van der Waals surface area contributed by atoms with E-state index >= 15 is 0 Å². The third kappa shape index (κ3) is 1.16. The Bertz CT molecular complexity index is 295. The standard InChI is InChI=1S/C11H16O3/c1-3-4-6-9-7-5-8-10(13-2)11(9,12)14-10/h5,7-8,12H,3-4,6H2,1-2H3. The van der Waals surface area contributed by atoms with E-state index < -0.39 is 11.6 Å². The molecule has 1 fully saturated rings. The van der Waals surface area contributed by atoms with Crippen LogP contribution in [0.3, 0.4) is 0 Å². The van der Waals surface area contributed by atoms with E-state index in [-0.39, 0.29) is 0 Å². The van der Waals surface area contributed by atoms with Gasteiger partial charge in [-0.3, -0.25) is 4.74 Å². The molecule has 2 rings (SSSR count). The van der Waals surface area contributed by atoms with E-state index in [0.717, 1.165) is 24.8 Å². The first-order valence-corrected chi connectivity index (χ1v) is 5.05. The van der Waals surface area contributed by atoms with Crippen molar-refractivity contribution >= 4 is 0 Å². The summed E-state index contributed by atoms with van der Waals surface area (Å²) >= 11 is 0. The van der Waals surface area contributed by atoms with Crippen LogP contribution in [0.1, 0.15) is 26.2 Å². The van der Waals surface area contributed by atoms with Crippen molar-refractivity contribution in [1.29, 1.82) is 0 Å². The van der Waals surface area contributed by atoms with Gasteiger partial charge in [-0.15, -0.1) is 0 Å². The summed E-state index contributed by atoms with van der Waals surface area (Å²) in [4.78, 5) is 0. The Balaban J connectivity index is 2.12. The lowest BCUT2D eigenvalue weighted by atomic mass is 9.95. The van der Waals surface area contributed by atoms with Gasteiger partial charge in [0.15, 0.2) is 0 Å². The highest BCUT2D eigenvalue weighted by atomic mass is 16.9. The molecule has 0 spiro atoms. The fourth-order valence-corrected chi connectivity index (χ4v) is 1.90. The van der Waals surface area contributed by atoms with Crippen LogP contribution in [-0.4, -0.2) is 23.8 Å². The third-order valence-electron chi connectivity index (χ3n) is 2.88. The Hall–Kier alpha value is -0.640. The van der Waals surface area contributed by atoms with Crippen molar-refractivity contribution in [3.8, 4) is 0 Å². The van der Waals surface area contributed by atoms with Gasteiger partial charge in [0.25, 0.3) is 11.6 Å². The van der Waals surface area contributed by atoms with Crippen molar-refractivity contribution in [1.82, 2.24) is 0 Å². The number of ether oxygens (including phenoxy) is 2. The molecule has 0 aromatic rings. The Labute approximate surface area is 84.0 Å². The van der Waals surface area contributed by atoms with Gasteiger partial charge in [-0.2, -0.15) is 0 Å². The van der Waals surface area contributed by atoms with Crippen molar-refractivity contribution in [2.75, 3.05) is 7.11 Å². The number of aliphatic hydroxyl groups is 1. The molecule has 0 saturated carbocycles. The lowest BCUT2D eigenvalue weighted by Gasteiger charge is -2.16. The molecule has 1 saturated heterocycles. The molecule has 3 nitrogen and oxygen atoms in total. The van der Waals surface area contributed by atoms with Crippen molar-refractivity contribution in [2.24, 2.45) is 0 Å². The summed E-state index contributed by atoms with van der Waals surface area (Å²) in [5.41, 5.74) is 0.920. The SMILES string of the molecule is CCCCC1=CC=CC2(OC)OC12O. The molecule has 1 N–H and O–H groups in total. The van der Waals surface area contributed by atoms with Crippen LogP contribution < -0.4 is 0 Å². The number of allylic oxidation sites excluding steroid dienone is 2. The number of hydrogen-bond acceptors (Lipinski definition) is 3. The fraction of sp³-hybridized carbons (Fsp3) is 0.636. The number of unbranched alkanes of at least 4 members (excludes halogenated alkanes) is 1. The van der Waals surface area contributed by atoms with Crippen molar-refractivity contribution < 1.29 is 14.6 Å². The van der Waals surface area contributed by atoms with Gasteiger partial charge in [-0.05, 0) is 24.5 Å². The number of epoxide rings is 1. The van der Waals surface area contributed by atoms with Gasteiger partial charge in [-0.1, -0.05) is 25.5 Å². The Morgan fingerprint density at radius 1 is 1.57 bits per heavy atom. The van der Waals surface area contributed by atoms with Gasteiger partial charge in [0, 0.05) is 7.11 Å². The molecule has 0 aromatic heterocycles. The van der Waals surface area contributed by atoms with E-state index in [0.29, 0.717) is 0 Å². The molecule has 2 unspecified atom stereocenters. The lowest BCUT2D eigenvalue weighted by molar-refractivity contribution is 0.0249. The second kappa shape index (κ2) is 3.19. The molecule has 0 aromatic carbocycles. The van der Waals surface area contributed by atoms with E-state index in [1.807, 2.05) is 12.2 Å². The number of hydrogen-bond donors (Lipinski definition) is 1. The quantitative estimate of drug-likeness (QED) is 0.696. The van der Waals surface area contributed by atoms with Crippen LogP contribution in [0.2, 0.25) is 0 Å². The van der Waals surface area contributed by atoms with Crippen LogP contribution in [0.25, 0.3) is 0 Å². The molecule has 1 aliphatic heterocycles. The summed E-state index contributed by atoms with van der Waals surface area (Å²) in [7, 11) is 1.55. The van der Waals surface area contributed by atoms with Crippen LogP contribution in [0.4, 0.5) is 0 Å². The van der Waals surface area contributed by atoms with Gasteiger partial charge < -0.3 is 9.84 Å². The van der Waals surface area contributed by atoms with Gasteiger partial charge in [0.1, 0.15) is 0 Å². The zero-order valence-corrected chi connectivity index (χ0v) is 8.62. The smallest absolute Gasteiger partial charge is 0.252 e. The van der Waals surface area contributed by atoms with E-state index in [9.17, 15) is 5.11 Å². The fourth-order valence-electron chi connectivity index (χ4n) is 1.90. The minimum Gasteiger partial charge on any atom is -0.358 e. The largest absolute Gasteiger partial charge is 0.358 e. The summed E-state index contributed by atoms with van der Waals surface area (Å²) in [5.74, 6) is -2.09. The summed E-state index contributed by atoms with van der Waals surface area (Å²) < 4.78 is 10.5. The van der Waals surface area contributed by atoms with Crippen molar-refractivity contribution in [3.63, 3.8) is 0 Å². The zero-order chi connectivity index (χ0) is 10.2. The third-order valence-corrected chi connectivity index (χ3v) is 2.88. The van der Waals surface area contributed by atoms with Crippen LogP contribution in [-0.2, 0) is 9.47 Å². The molecule has 2 aliphatic rings. The maximum atomic E-state index is 10.1. The highest BCUT2D eigenvalue weighted by Gasteiger charge is 2.72. The second-order valence-electron chi connectivity index (χ2n) is 3.77. The van der Waals surface area contributed by atoms with E-state index in [2.05, 4.69) is 6.92 Å². The number of fused-ring (bicyclic) bond motifs is 1. The molecule has 1 heterocycles. The first-order chi connectivity index (χ1) is 6.68. The summed E-state index contributed by atoms with van der Waals surface area (Å²) in [6, 6.07) is 0. The highest BCUT2D eigenvalue weighted by molar-refractivity contribution is 5.39. The molecule has 78 valence electrons. The predicted molar refractivity (Wildman–Crippen MR) is 52.5 cm³/mol. The summed E-state index contributed by atoms with van der Waals surface area (Å²) in [5, 5.41) is 10.1. The van der Waals surface area contributed by atoms with E-state index in [4.69, 9.17) is 9.47 Å². The summed E-state index contributed by atoms with van der Waals surface area (Å²) in [6.45, 7) is 2.13. The topological polar surface area (TPSA) is 42.0 Å². The minimum absolute atomic E-state index is 0.864. The van der Waals surface area contributed by atoms with Crippen molar-refractivity contribution in [2.45, 2.75) is 37.8 Å². The Morgan fingerprint density at radius 3 is 3.00 bits per heavy atom. The van der Waals surface area contributed by atoms with E-state index in [1.54, 1.807) is 13.2 Å². The minimum atomic E-state index is -1.19. The number of methoxy groups -OCH3 is 1. The molecule has 0 amide bonds. The van der Waals surface area contributed by atoms with Crippen LogP contribution >= 0.6 is 0 Å². The predicted octanol–water partition coefficient (Wildman–Crippen LogP) is 1.73. The van der Waals surface area contributed by atoms with Crippen LogP contribution in [0.15, 0.2) is 23.8 Å². The Kier molecular flexibility index (Phi) is 2.26. The second-order valence-corrected chi connectivity index (χ2v) is 3.77. The zero-order valence-electron chi connectivity index (χ0n) is 8.62. The van der Waals surface area contributed by atoms with Crippen molar-refractivity contribution in [3.05, 3.63) is 23.8 Å². The van der Waals surface area contributed by atoms with Crippen LogP contribution in [0, 0.1) is 0 Å². The maximum absolute atomic E-state index is 10.1. The van der Waals surface area contributed by atoms with Gasteiger partial charge in [-0.25, -0.2) is 0 Å². The molecule has 3 heteroatoms. The molecule has 2 atom stereocenters. The van der Waals surface area contributed by atoms with E-state index in [1.165, 1.54) is 0 Å². The average Bonchev–Trinajstić information content (AvgIpc) is 2.82. The first kappa shape index (κ1) is 9.90. The normalized spacial score (nSPS) is 39.2. The molecular weight excluding hydrogens is 180 g/mol. The Morgan fingerprint density at radius 2 is 2.36 bits per heavy atom. The van der Waals surface area contributed by atoms with Gasteiger partial charge >= 0.3 is 0 Å². The lowest BCUT2D eigenvalue weighted by Crippen LogP contribution is -2.29. The molecule has 0 radical (unpaired) electrons. The average molecular weight is 196 g/mol. The molecule has 14 heavy (non-hydrogen) atoms.